The number of carbonyl (C=O) groups is 3. The van der Waals surface area contributed by atoms with Crippen molar-refractivity contribution in [1.29, 1.82) is 0 Å². The van der Waals surface area contributed by atoms with Gasteiger partial charge in [0.25, 0.3) is 11.8 Å². The minimum Gasteiger partial charge on any atom is -0.486 e. The average Bonchev–Trinajstić information content (AvgIpc) is 2.84. The monoisotopic (exact) mass is 462 g/mol. The summed E-state index contributed by atoms with van der Waals surface area (Å²) >= 11 is 1.50. The van der Waals surface area contributed by atoms with Crippen molar-refractivity contribution >= 4 is 45.9 Å². The number of carbonyl (C=O) groups excluding carboxylic acids is 3. The van der Waals surface area contributed by atoms with E-state index in [1.54, 1.807) is 18.2 Å². The van der Waals surface area contributed by atoms with Crippen LogP contribution >= 0.6 is 11.8 Å². The van der Waals surface area contributed by atoms with E-state index in [0.717, 1.165) is 10.3 Å². The molecule has 7 nitrogen and oxygen atoms in total. The minimum absolute atomic E-state index is 0.172. The first kappa shape index (κ1) is 21.3. The molecule has 0 atom stereocenters. The Hall–Kier alpha value is -3.52. The zero-order chi connectivity index (χ0) is 22.9. The maximum atomic E-state index is 13.0. The van der Waals surface area contributed by atoms with Crippen LogP contribution in [0, 0.1) is 0 Å². The highest BCUT2D eigenvalue weighted by Crippen LogP contribution is 2.39. The van der Waals surface area contributed by atoms with Crippen molar-refractivity contribution in [2.45, 2.75) is 17.7 Å². The summed E-state index contributed by atoms with van der Waals surface area (Å²) in [7, 11) is 0. The van der Waals surface area contributed by atoms with Gasteiger partial charge in [0.1, 0.15) is 13.2 Å². The molecule has 5 rings (SSSR count). The summed E-state index contributed by atoms with van der Waals surface area (Å²) in [6.07, 6.45) is 2.46. The Kier molecular flexibility index (Phi) is 5.68. The first-order valence-corrected chi connectivity index (χ1v) is 11.9. The summed E-state index contributed by atoms with van der Waals surface area (Å²) in [6.45, 7) is 1.14. The molecule has 3 aromatic rings. The van der Waals surface area contributed by atoms with Crippen LogP contribution in [0.4, 0.5) is 5.69 Å². The Morgan fingerprint density at radius 2 is 1.64 bits per heavy atom. The number of ether oxygens (including phenoxy) is 2. The van der Waals surface area contributed by atoms with Gasteiger partial charge < -0.3 is 14.8 Å². The Morgan fingerprint density at radius 1 is 1.00 bits per heavy atom. The van der Waals surface area contributed by atoms with Crippen molar-refractivity contribution in [3.63, 3.8) is 0 Å². The summed E-state index contributed by atoms with van der Waals surface area (Å²) in [5, 5.41) is 4.49. The molecule has 0 aliphatic carbocycles. The molecule has 8 heteroatoms. The maximum Gasteiger partial charge on any atom is 0.261 e. The molecule has 0 bridgehead atoms. The van der Waals surface area contributed by atoms with Crippen LogP contribution in [-0.2, 0) is 4.79 Å². The van der Waals surface area contributed by atoms with Crippen LogP contribution in [0.25, 0.3) is 10.8 Å². The molecule has 2 aliphatic rings. The zero-order valence-electron chi connectivity index (χ0n) is 18.1. The summed E-state index contributed by atoms with van der Waals surface area (Å²) in [6, 6.07) is 14.5. The van der Waals surface area contributed by atoms with Crippen LogP contribution < -0.4 is 14.8 Å². The Labute approximate surface area is 195 Å². The molecule has 0 saturated heterocycles. The second-order valence-corrected chi connectivity index (χ2v) is 8.67. The van der Waals surface area contributed by atoms with Crippen LogP contribution in [0.3, 0.4) is 0 Å². The van der Waals surface area contributed by atoms with Crippen LogP contribution in [0.2, 0.25) is 0 Å². The molecule has 168 valence electrons. The number of rotatable bonds is 6. The Balaban J connectivity index is 1.25. The van der Waals surface area contributed by atoms with Gasteiger partial charge in [0.05, 0.1) is 5.69 Å². The molecule has 2 aliphatic heterocycles. The first-order chi connectivity index (χ1) is 16.1. The van der Waals surface area contributed by atoms with Gasteiger partial charge in [-0.2, -0.15) is 0 Å². The largest absolute Gasteiger partial charge is 0.486 e. The Morgan fingerprint density at radius 3 is 2.27 bits per heavy atom. The van der Waals surface area contributed by atoms with E-state index >= 15 is 0 Å². The van der Waals surface area contributed by atoms with Crippen LogP contribution in [0.5, 0.6) is 11.5 Å². The second-order valence-electron chi connectivity index (χ2n) is 7.82. The number of thioether (sulfide) groups is 1. The third kappa shape index (κ3) is 3.91. The number of hydrogen-bond acceptors (Lipinski definition) is 6. The standard InChI is InChI=1S/C25H22N2O5S/c1-33-21-14-20-19(31-11-12-32-20)13-18(21)26-22(28)9-4-10-27-24(29)16-7-2-5-15-6-3-8-17(23(15)16)25(27)30/h2-3,5-8,13-14H,4,9-12H2,1H3,(H,26,28). The quantitative estimate of drug-likeness (QED) is 0.433. The van der Waals surface area contributed by atoms with Gasteiger partial charge in [-0.15, -0.1) is 11.8 Å². The fraction of sp³-hybridized carbons (Fsp3) is 0.240. The molecule has 33 heavy (non-hydrogen) atoms. The van der Waals surface area contributed by atoms with E-state index < -0.39 is 0 Å². The SMILES string of the molecule is CSc1cc2c(cc1NC(=O)CCCN1C(=O)c3cccc4cccc(c34)C1=O)OCCO2. The van der Waals surface area contributed by atoms with E-state index in [2.05, 4.69) is 5.32 Å². The fourth-order valence-corrected chi connectivity index (χ4v) is 4.79. The van der Waals surface area contributed by atoms with Gasteiger partial charge in [0, 0.05) is 40.4 Å². The predicted molar refractivity (Wildman–Crippen MR) is 126 cm³/mol. The van der Waals surface area contributed by atoms with E-state index in [4.69, 9.17) is 9.47 Å². The predicted octanol–water partition coefficient (Wildman–Crippen LogP) is 4.35. The molecule has 3 amide bonds. The van der Waals surface area contributed by atoms with Crippen molar-refractivity contribution < 1.29 is 23.9 Å². The fourth-order valence-electron chi connectivity index (χ4n) is 4.23. The van der Waals surface area contributed by atoms with Crippen LogP contribution in [0.1, 0.15) is 33.6 Å². The smallest absolute Gasteiger partial charge is 0.261 e. The maximum absolute atomic E-state index is 13.0. The highest BCUT2D eigenvalue weighted by molar-refractivity contribution is 7.98. The molecule has 0 radical (unpaired) electrons. The molecule has 2 heterocycles. The summed E-state index contributed by atoms with van der Waals surface area (Å²) in [4.78, 5) is 40.7. The third-order valence-electron chi connectivity index (χ3n) is 5.78. The van der Waals surface area contributed by atoms with Crippen LogP contribution in [-0.4, -0.2) is 48.6 Å². The van der Waals surface area contributed by atoms with E-state index in [1.165, 1.54) is 16.7 Å². The van der Waals surface area contributed by atoms with Gasteiger partial charge in [-0.1, -0.05) is 24.3 Å². The Bertz CT molecular complexity index is 1240. The number of nitrogens with one attached hydrogen (secondary N) is 1. The molecule has 3 aromatic carbocycles. The molecule has 0 aromatic heterocycles. The molecule has 0 spiro atoms. The van der Waals surface area contributed by atoms with Crippen molar-refractivity contribution in [3.8, 4) is 11.5 Å². The van der Waals surface area contributed by atoms with Gasteiger partial charge in [-0.3, -0.25) is 19.3 Å². The van der Waals surface area contributed by atoms with Gasteiger partial charge in [0.15, 0.2) is 11.5 Å². The minimum atomic E-state index is -0.318. The topological polar surface area (TPSA) is 84.9 Å². The number of imide groups is 1. The summed E-state index contributed by atoms with van der Waals surface area (Å²) in [5.41, 5.74) is 1.70. The zero-order valence-corrected chi connectivity index (χ0v) is 18.9. The van der Waals surface area contributed by atoms with Crippen LogP contribution in [0.15, 0.2) is 53.4 Å². The molecule has 0 saturated carbocycles. The van der Waals surface area contributed by atoms with Gasteiger partial charge in [-0.25, -0.2) is 0 Å². The lowest BCUT2D eigenvalue weighted by Crippen LogP contribution is -2.41. The summed E-state index contributed by atoms with van der Waals surface area (Å²) < 4.78 is 11.2. The van der Waals surface area contributed by atoms with Crippen molar-refractivity contribution in [1.82, 2.24) is 4.90 Å². The van der Waals surface area contributed by atoms with Crippen molar-refractivity contribution in [2.75, 3.05) is 31.3 Å². The normalized spacial score (nSPS) is 14.5. The summed E-state index contributed by atoms with van der Waals surface area (Å²) in [5.74, 6) is 0.441. The van der Waals surface area contributed by atoms with E-state index in [-0.39, 0.29) is 30.7 Å². The number of fused-ring (bicyclic) bond motifs is 1. The lowest BCUT2D eigenvalue weighted by molar-refractivity contribution is -0.116. The number of nitrogens with zero attached hydrogens (tertiary/aromatic N) is 1. The lowest BCUT2D eigenvalue weighted by Gasteiger charge is -2.27. The highest BCUT2D eigenvalue weighted by Gasteiger charge is 2.32. The van der Waals surface area contributed by atoms with Gasteiger partial charge in [0.2, 0.25) is 5.91 Å². The molecular formula is C25H22N2O5S. The lowest BCUT2D eigenvalue weighted by atomic mass is 9.94. The first-order valence-electron chi connectivity index (χ1n) is 10.7. The van der Waals surface area contributed by atoms with E-state index in [0.29, 0.717) is 53.3 Å². The van der Waals surface area contributed by atoms with Gasteiger partial charge >= 0.3 is 0 Å². The van der Waals surface area contributed by atoms with E-state index in [1.807, 2.05) is 36.6 Å². The van der Waals surface area contributed by atoms with Crippen molar-refractivity contribution in [3.05, 3.63) is 59.7 Å². The van der Waals surface area contributed by atoms with E-state index in [9.17, 15) is 14.4 Å². The van der Waals surface area contributed by atoms with Gasteiger partial charge in [-0.05, 0) is 36.3 Å². The molecule has 1 N–H and O–H groups in total. The van der Waals surface area contributed by atoms with Crippen molar-refractivity contribution in [2.24, 2.45) is 0 Å². The molecule has 0 fully saturated rings. The number of amides is 3. The molecule has 0 unspecified atom stereocenters. The third-order valence-corrected chi connectivity index (χ3v) is 6.56. The number of benzene rings is 3. The second kappa shape index (κ2) is 8.78. The average molecular weight is 463 g/mol. The molecular weight excluding hydrogens is 440 g/mol. The number of hydrogen-bond donors (Lipinski definition) is 1. The highest BCUT2D eigenvalue weighted by atomic mass is 32.2. The number of anilines is 1.